The van der Waals surface area contributed by atoms with Crippen LogP contribution in [0.1, 0.15) is 34.0 Å². The van der Waals surface area contributed by atoms with Gasteiger partial charge in [-0.15, -0.1) is 0 Å². The zero-order valence-electron chi connectivity index (χ0n) is 10.1. The summed E-state index contributed by atoms with van der Waals surface area (Å²) in [6.07, 6.45) is 4.12. The molecule has 2 aliphatic carbocycles. The van der Waals surface area contributed by atoms with Crippen molar-refractivity contribution < 1.29 is 4.79 Å². The summed E-state index contributed by atoms with van der Waals surface area (Å²) in [5, 5.41) is 0. The lowest BCUT2D eigenvalue weighted by molar-refractivity contribution is 0.0955. The lowest BCUT2D eigenvalue weighted by atomic mass is 9.92. The van der Waals surface area contributed by atoms with Crippen LogP contribution in [0.2, 0.25) is 0 Å². The summed E-state index contributed by atoms with van der Waals surface area (Å²) in [5.41, 5.74) is 3.63. The largest absolute Gasteiger partial charge is 0.359 e. The number of aromatic nitrogens is 1. The Kier molecular flexibility index (Phi) is 2.01. The summed E-state index contributed by atoms with van der Waals surface area (Å²) < 4.78 is 0. The fourth-order valence-electron chi connectivity index (χ4n) is 3.59. The van der Waals surface area contributed by atoms with Gasteiger partial charge in [0.1, 0.15) is 0 Å². The Labute approximate surface area is 106 Å². The first-order valence-electron chi connectivity index (χ1n) is 6.61. The van der Waals surface area contributed by atoms with E-state index < -0.39 is 0 Å². The molecule has 0 bridgehead atoms. The molecule has 2 heteroatoms. The van der Waals surface area contributed by atoms with Gasteiger partial charge in [0.25, 0.3) is 0 Å². The van der Waals surface area contributed by atoms with Crippen molar-refractivity contribution >= 4 is 5.78 Å². The van der Waals surface area contributed by atoms with E-state index in [2.05, 4.69) is 29.2 Å². The second-order valence-electron chi connectivity index (χ2n) is 5.40. The molecule has 0 amide bonds. The normalized spacial score (nSPS) is 28.3. The van der Waals surface area contributed by atoms with Crippen molar-refractivity contribution in [3.8, 4) is 0 Å². The molecular formula is C16H15NO. The third-order valence-corrected chi connectivity index (χ3v) is 4.50. The van der Waals surface area contributed by atoms with Crippen LogP contribution in [0.3, 0.4) is 0 Å². The molecule has 1 saturated carbocycles. The van der Waals surface area contributed by atoms with Crippen molar-refractivity contribution in [2.45, 2.75) is 18.8 Å². The number of rotatable bonds is 2. The summed E-state index contributed by atoms with van der Waals surface area (Å²) in [7, 11) is 0. The van der Waals surface area contributed by atoms with Crippen LogP contribution in [0.15, 0.2) is 42.6 Å². The minimum absolute atomic E-state index is 0.215. The molecule has 3 unspecified atom stereocenters. The van der Waals surface area contributed by atoms with E-state index >= 15 is 0 Å². The Hall–Kier alpha value is -1.83. The van der Waals surface area contributed by atoms with Crippen LogP contribution in [-0.2, 0) is 6.42 Å². The third-order valence-electron chi connectivity index (χ3n) is 4.50. The molecule has 1 aromatic heterocycles. The monoisotopic (exact) mass is 237 g/mol. The number of carbonyl (C=O) groups is 1. The predicted octanol–water partition coefficient (Wildman–Crippen LogP) is 3.17. The standard InChI is InChI=1S/C16H15NO/c18-16(13-6-3-9-17-13)15-12-8-7-10-4-1-2-5-11(10)14(12)15/h1-6,9,12,14-15,17H,7-8H2. The molecule has 0 aliphatic heterocycles. The van der Waals surface area contributed by atoms with Gasteiger partial charge < -0.3 is 4.98 Å². The zero-order valence-corrected chi connectivity index (χ0v) is 10.1. The van der Waals surface area contributed by atoms with Gasteiger partial charge in [0, 0.05) is 12.1 Å². The van der Waals surface area contributed by atoms with Crippen LogP contribution in [0.4, 0.5) is 0 Å². The van der Waals surface area contributed by atoms with Crippen molar-refractivity contribution in [3.05, 3.63) is 59.4 Å². The minimum atomic E-state index is 0.215. The third kappa shape index (κ3) is 1.32. The quantitative estimate of drug-likeness (QED) is 0.799. The van der Waals surface area contributed by atoms with E-state index in [-0.39, 0.29) is 5.92 Å². The highest BCUT2D eigenvalue weighted by Gasteiger charge is 2.56. The van der Waals surface area contributed by atoms with E-state index in [1.54, 1.807) is 0 Å². The van der Waals surface area contributed by atoms with Gasteiger partial charge in [-0.2, -0.15) is 0 Å². The molecule has 90 valence electrons. The van der Waals surface area contributed by atoms with Gasteiger partial charge in [-0.05, 0) is 47.9 Å². The molecule has 3 atom stereocenters. The minimum Gasteiger partial charge on any atom is -0.359 e. The topological polar surface area (TPSA) is 32.9 Å². The number of fused-ring (bicyclic) bond motifs is 3. The maximum atomic E-state index is 12.4. The average molecular weight is 237 g/mol. The van der Waals surface area contributed by atoms with Crippen LogP contribution < -0.4 is 0 Å². The first kappa shape index (κ1) is 10.1. The highest BCUT2D eigenvalue weighted by molar-refractivity contribution is 5.99. The van der Waals surface area contributed by atoms with Gasteiger partial charge in [-0.25, -0.2) is 0 Å². The van der Waals surface area contributed by atoms with Crippen molar-refractivity contribution in [1.29, 1.82) is 0 Å². The van der Waals surface area contributed by atoms with Gasteiger partial charge in [-0.1, -0.05) is 24.3 Å². The lowest BCUT2D eigenvalue weighted by Crippen LogP contribution is -2.04. The summed E-state index contributed by atoms with van der Waals surface area (Å²) in [5.74, 6) is 1.57. The van der Waals surface area contributed by atoms with Gasteiger partial charge in [0.15, 0.2) is 5.78 Å². The molecule has 18 heavy (non-hydrogen) atoms. The number of H-pyrrole nitrogens is 1. The Morgan fingerprint density at radius 1 is 1.17 bits per heavy atom. The number of benzene rings is 1. The number of aromatic amines is 1. The van der Waals surface area contributed by atoms with E-state index in [1.807, 2.05) is 18.3 Å². The number of nitrogens with one attached hydrogen (secondary N) is 1. The van der Waals surface area contributed by atoms with E-state index in [0.717, 1.165) is 12.1 Å². The van der Waals surface area contributed by atoms with Gasteiger partial charge in [0.2, 0.25) is 0 Å². The highest BCUT2D eigenvalue weighted by atomic mass is 16.1. The maximum absolute atomic E-state index is 12.4. The molecule has 4 rings (SSSR count). The predicted molar refractivity (Wildman–Crippen MR) is 69.6 cm³/mol. The number of hydrogen-bond acceptors (Lipinski definition) is 1. The highest BCUT2D eigenvalue weighted by Crippen LogP contribution is 2.60. The molecule has 2 aliphatic rings. The molecule has 1 heterocycles. The number of carbonyl (C=O) groups excluding carboxylic acids is 1. The number of hydrogen-bond donors (Lipinski definition) is 1. The number of ketones is 1. The summed E-state index contributed by atoms with van der Waals surface area (Å²) in [4.78, 5) is 15.5. The maximum Gasteiger partial charge on any atom is 0.182 e. The molecule has 0 spiro atoms. The van der Waals surface area contributed by atoms with Crippen molar-refractivity contribution in [2.24, 2.45) is 11.8 Å². The van der Waals surface area contributed by atoms with Gasteiger partial charge in [-0.3, -0.25) is 4.79 Å². The smallest absolute Gasteiger partial charge is 0.182 e. The first-order chi connectivity index (χ1) is 8.86. The molecule has 0 saturated heterocycles. The van der Waals surface area contributed by atoms with Crippen LogP contribution in [0, 0.1) is 11.8 Å². The van der Waals surface area contributed by atoms with Crippen LogP contribution in [0.5, 0.6) is 0 Å². The second-order valence-corrected chi connectivity index (χ2v) is 5.40. The van der Waals surface area contributed by atoms with Crippen LogP contribution >= 0.6 is 0 Å². The first-order valence-corrected chi connectivity index (χ1v) is 6.61. The summed E-state index contributed by atoms with van der Waals surface area (Å²) >= 11 is 0. The van der Waals surface area contributed by atoms with Gasteiger partial charge in [0.05, 0.1) is 5.69 Å². The van der Waals surface area contributed by atoms with E-state index in [1.165, 1.54) is 17.5 Å². The fourth-order valence-corrected chi connectivity index (χ4v) is 3.59. The Morgan fingerprint density at radius 2 is 2.06 bits per heavy atom. The molecule has 2 nitrogen and oxygen atoms in total. The Morgan fingerprint density at radius 3 is 2.89 bits per heavy atom. The van der Waals surface area contributed by atoms with Crippen molar-refractivity contribution in [3.63, 3.8) is 0 Å². The summed E-state index contributed by atoms with van der Waals surface area (Å²) in [6.45, 7) is 0. The number of aryl methyl sites for hydroxylation is 1. The van der Waals surface area contributed by atoms with Crippen molar-refractivity contribution in [2.75, 3.05) is 0 Å². The molecular weight excluding hydrogens is 222 g/mol. The second kappa shape index (κ2) is 3.58. The van der Waals surface area contributed by atoms with E-state index in [4.69, 9.17) is 0 Å². The summed E-state index contributed by atoms with van der Waals surface area (Å²) in [6, 6.07) is 12.4. The SMILES string of the molecule is O=C(c1ccc[nH]1)C1C2CCc3ccccc3C21. The Balaban J connectivity index is 1.67. The van der Waals surface area contributed by atoms with Crippen LogP contribution in [-0.4, -0.2) is 10.8 Å². The Bertz CT molecular complexity index is 599. The van der Waals surface area contributed by atoms with E-state index in [0.29, 0.717) is 17.6 Å². The van der Waals surface area contributed by atoms with Crippen molar-refractivity contribution in [1.82, 2.24) is 4.98 Å². The molecule has 1 fully saturated rings. The fraction of sp³-hybridized carbons (Fsp3) is 0.312. The average Bonchev–Trinajstić information content (AvgIpc) is 2.89. The molecule has 0 radical (unpaired) electrons. The molecule has 1 aromatic carbocycles. The number of Topliss-reactive ketones (excluding diaryl/α,β-unsaturated/α-hetero) is 1. The lowest BCUT2D eigenvalue weighted by Gasteiger charge is -2.13. The van der Waals surface area contributed by atoms with E-state index in [9.17, 15) is 4.79 Å². The van der Waals surface area contributed by atoms with Gasteiger partial charge >= 0.3 is 0 Å². The van der Waals surface area contributed by atoms with Crippen LogP contribution in [0.25, 0.3) is 0 Å². The molecule has 2 aromatic rings. The zero-order chi connectivity index (χ0) is 12.1. The molecule has 1 N–H and O–H groups in total.